The third-order valence-corrected chi connectivity index (χ3v) is 4.71. The minimum Gasteiger partial charge on any atom is -0.393 e. The van der Waals surface area contributed by atoms with Crippen LogP contribution in [0.1, 0.15) is 28.8 Å². The highest BCUT2D eigenvalue weighted by atomic mass is 16.3. The van der Waals surface area contributed by atoms with Gasteiger partial charge in [-0.05, 0) is 31.2 Å². The van der Waals surface area contributed by atoms with Gasteiger partial charge in [-0.1, -0.05) is 24.3 Å². The fraction of sp³-hybridized carbons (Fsp3) is 0.562. The van der Waals surface area contributed by atoms with Crippen molar-refractivity contribution >= 4 is 5.78 Å². The average molecular weight is 259 g/mol. The molecule has 0 amide bonds. The maximum absolute atomic E-state index is 12.3. The van der Waals surface area contributed by atoms with Crippen LogP contribution in [-0.4, -0.2) is 41.5 Å². The molecule has 2 fully saturated rings. The van der Waals surface area contributed by atoms with Crippen molar-refractivity contribution < 1.29 is 9.90 Å². The molecule has 102 valence electrons. The van der Waals surface area contributed by atoms with E-state index in [2.05, 4.69) is 4.90 Å². The highest BCUT2D eigenvalue weighted by Gasteiger charge is 2.42. The number of fused-ring (bicyclic) bond motifs is 1. The van der Waals surface area contributed by atoms with Crippen LogP contribution >= 0.6 is 0 Å². The minimum absolute atomic E-state index is 0.149. The Balaban J connectivity index is 1.64. The molecule has 1 aliphatic carbocycles. The van der Waals surface area contributed by atoms with Crippen LogP contribution in [0.25, 0.3) is 0 Å². The first-order valence-corrected chi connectivity index (χ1v) is 7.14. The molecule has 1 aliphatic heterocycles. The molecule has 3 unspecified atom stereocenters. The molecule has 3 heteroatoms. The predicted octanol–water partition coefficient (Wildman–Crippen LogP) is 1.88. The zero-order chi connectivity index (χ0) is 13.4. The molecule has 3 rings (SSSR count). The van der Waals surface area contributed by atoms with E-state index in [9.17, 15) is 9.90 Å². The Hall–Kier alpha value is -1.19. The number of hydrogen-bond donors (Lipinski definition) is 1. The van der Waals surface area contributed by atoms with E-state index in [1.54, 1.807) is 0 Å². The Morgan fingerprint density at radius 3 is 2.84 bits per heavy atom. The van der Waals surface area contributed by atoms with E-state index in [0.29, 0.717) is 18.4 Å². The van der Waals surface area contributed by atoms with E-state index in [1.165, 1.54) is 0 Å². The number of aliphatic hydroxyl groups excluding tert-OH is 1. The largest absolute Gasteiger partial charge is 0.393 e. The van der Waals surface area contributed by atoms with Crippen molar-refractivity contribution in [2.75, 3.05) is 19.6 Å². The number of aryl methyl sites for hydroxylation is 1. The number of nitrogens with zero attached hydrogens (tertiary/aromatic N) is 1. The zero-order valence-electron chi connectivity index (χ0n) is 11.4. The first-order chi connectivity index (χ1) is 9.15. The van der Waals surface area contributed by atoms with Gasteiger partial charge >= 0.3 is 0 Å². The van der Waals surface area contributed by atoms with Crippen molar-refractivity contribution in [3.63, 3.8) is 0 Å². The van der Waals surface area contributed by atoms with Crippen molar-refractivity contribution in [1.82, 2.24) is 4.90 Å². The molecule has 1 saturated carbocycles. The maximum Gasteiger partial charge on any atom is 0.177 e. The number of ketones is 1. The second-order valence-electron chi connectivity index (χ2n) is 6.00. The summed E-state index contributed by atoms with van der Waals surface area (Å²) in [6, 6.07) is 7.77. The predicted molar refractivity (Wildman–Crippen MR) is 74.2 cm³/mol. The smallest absolute Gasteiger partial charge is 0.177 e. The molecule has 1 saturated heterocycles. The number of carbonyl (C=O) groups is 1. The number of Topliss-reactive ketones (excluding diaryl/α,β-unsaturated/α-hetero) is 1. The van der Waals surface area contributed by atoms with Gasteiger partial charge in [0.05, 0.1) is 12.6 Å². The summed E-state index contributed by atoms with van der Waals surface area (Å²) in [6.45, 7) is 4.32. The summed E-state index contributed by atoms with van der Waals surface area (Å²) in [5.41, 5.74) is 1.88. The minimum atomic E-state index is -0.149. The summed E-state index contributed by atoms with van der Waals surface area (Å²) in [4.78, 5) is 14.5. The maximum atomic E-state index is 12.3. The molecule has 1 N–H and O–H groups in total. The summed E-state index contributed by atoms with van der Waals surface area (Å²) in [5, 5.41) is 9.90. The fourth-order valence-electron chi connectivity index (χ4n) is 3.63. The van der Waals surface area contributed by atoms with Gasteiger partial charge in [0.1, 0.15) is 0 Å². The topological polar surface area (TPSA) is 40.5 Å². The molecular weight excluding hydrogens is 238 g/mol. The Morgan fingerprint density at radius 1 is 1.32 bits per heavy atom. The highest BCUT2D eigenvalue weighted by molar-refractivity contribution is 5.98. The van der Waals surface area contributed by atoms with Gasteiger partial charge in [-0.15, -0.1) is 0 Å². The fourth-order valence-corrected chi connectivity index (χ4v) is 3.63. The molecule has 3 nitrogen and oxygen atoms in total. The van der Waals surface area contributed by atoms with E-state index in [4.69, 9.17) is 0 Å². The molecule has 0 spiro atoms. The number of hydrogen-bond acceptors (Lipinski definition) is 3. The van der Waals surface area contributed by atoms with Crippen LogP contribution < -0.4 is 0 Å². The van der Waals surface area contributed by atoms with E-state index in [-0.39, 0.29) is 11.9 Å². The van der Waals surface area contributed by atoms with Crippen molar-refractivity contribution in [2.24, 2.45) is 11.8 Å². The molecule has 0 bridgehead atoms. The normalized spacial score (nSPS) is 30.5. The lowest BCUT2D eigenvalue weighted by Crippen LogP contribution is -2.30. The average Bonchev–Trinajstić information content (AvgIpc) is 2.92. The van der Waals surface area contributed by atoms with Crippen LogP contribution in [-0.2, 0) is 0 Å². The SMILES string of the molecule is Cc1ccccc1C(=O)CN1CC2CCC(O)C2C1. The van der Waals surface area contributed by atoms with Crippen LogP contribution in [0.2, 0.25) is 0 Å². The van der Waals surface area contributed by atoms with E-state index < -0.39 is 0 Å². The Labute approximate surface area is 114 Å². The molecule has 1 aromatic carbocycles. The molecule has 0 radical (unpaired) electrons. The Kier molecular flexibility index (Phi) is 3.42. The second-order valence-corrected chi connectivity index (χ2v) is 6.00. The van der Waals surface area contributed by atoms with Crippen molar-refractivity contribution in [2.45, 2.75) is 25.9 Å². The van der Waals surface area contributed by atoms with Crippen LogP contribution in [0.5, 0.6) is 0 Å². The molecule has 2 aliphatic rings. The first kappa shape index (κ1) is 12.8. The number of aliphatic hydroxyl groups is 1. The monoisotopic (exact) mass is 259 g/mol. The third kappa shape index (κ3) is 2.45. The van der Waals surface area contributed by atoms with Crippen LogP contribution in [0.3, 0.4) is 0 Å². The van der Waals surface area contributed by atoms with Gasteiger partial charge in [-0.2, -0.15) is 0 Å². The molecular formula is C16H21NO2. The van der Waals surface area contributed by atoms with Gasteiger partial charge in [0, 0.05) is 24.6 Å². The number of rotatable bonds is 3. The van der Waals surface area contributed by atoms with E-state index in [1.807, 2.05) is 31.2 Å². The van der Waals surface area contributed by atoms with Crippen molar-refractivity contribution in [1.29, 1.82) is 0 Å². The highest BCUT2D eigenvalue weighted by Crippen LogP contribution is 2.37. The first-order valence-electron chi connectivity index (χ1n) is 7.14. The lowest BCUT2D eigenvalue weighted by atomic mass is 10.00. The van der Waals surface area contributed by atoms with Crippen LogP contribution in [0.15, 0.2) is 24.3 Å². The molecule has 3 atom stereocenters. The molecule has 0 aromatic heterocycles. The van der Waals surface area contributed by atoms with Gasteiger partial charge in [0.2, 0.25) is 0 Å². The number of benzene rings is 1. The van der Waals surface area contributed by atoms with Gasteiger partial charge in [0.25, 0.3) is 0 Å². The van der Waals surface area contributed by atoms with Crippen molar-refractivity contribution in [3.8, 4) is 0 Å². The van der Waals surface area contributed by atoms with Crippen molar-refractivity contribution in [3.05, 3.63) is 35.4 Å². The quantitative estimate of drug-likeness (QED) is 0.843. The third-order valence-electron chi connectivity index (χ3n) is 4.71. The van der Waals surface area contributed by atoms with Gasteiger partial charge in [0.15, 0.2) is 5.78 Å². The summed E-state index contributed by atoms with van der Waals surface area (Å²) in [6.07, 6.45) is 1.90. The standard InChI is InChI=1S/C16H21NO2/c1-11-4-2-3-5-13(11)16(19)10-17-8-12-6-7-15(18)14(12)9-17/h2-5,12,14-15,18H,6-10H2,1H3. The van der Waals surface area contributed by atoms with Gasteiger partial charge in [-0.3, -0.25) is 9.69 Å². The Bertz CT molecular complexity index is 485. The number of carbonyl (C=O) groups excluding carboxylic acids is 1. The van der Waals surface area contributed by atoms with Crippen LogP contribution in [0, 0.1) is 18.8 Å². The summed E-state index contributed by atoms with van der Waals surface area (Å²) >= 11 is 0. The van der Waals surface area contributed by atoms with Gasteiger partial charge in [-0.25, -0.2) is 0 Å². The lowest BCUT2D eigenvalue weighted by Gasteiger charge is -2.17. The second kappa shape index (κ2) is 5.06. The molecule has 19 heavy (non-hydrogen) atoms. The van der Waals surface area contributed by atoms with Crippen LogP contribution in [0.4, 0.5) is 0 Å². The summed E-state index contributed by atoms with van der Waals surface area (Å²) < 4.78 is 0. The summed E-state index contributed by atoms with van der Waals surface area (Å²) in [5.74, 6) is 1.19. The van der Waals surface area contributed by atoms with Gasteiger partial charge < -0.3 is 5.11 Å². The zero-order valence-corrected chi connectivity index (χ0v) is 11.4. The molecule has 1 aromatic rings. The van der Waals surface area contributed by atoms with E-state index in [0.717, 1.165) is 37.1 Å². The molecule has 1 heterocycles. The van der Waals surface area contributed by atoms with E-state index >= 15 is 0 Å². The Morgan fingerprint density at radius 2 is 2.11 bits per heavy atom. The lowest BCUT2D eigenvalue weighted by molar-refractivity contribution is 0.0919. The summed E-state index contributed by atoms with van der Waals surface area (Å²) in [7, 11) is 0. The number of likely N-dealkylation sites (tertiary alicyclic amines) is 1.